The summed E-state index contributed by atoms with van der Waals surface area (Å²) in [4.78, 5) is 14.2. The Kier molecular flexibility index (Phi) is 5.95. The van der Waals surface area contributed by atoms with E-state index in [0.717, 1.165) is 0 Å². The highest BCUT2D eigenvalue weighted by Gasteiger charge is 2.29. The van der Waals surface area contributed by atoms with Crippen molar-refractivity contribution in [2.75, 3.05) is 33.3 Å². The summed E-state index contributed by atoms with van der Waals surface area (Å²) in [5.41, 5.74) is -0.321. The zero-order valence-corrected chi connectivity index (χ0v) is 16.1. The third-order valence-electron chi connectivity index (χ3n) is 3.92. The van der Waals surface area contributed by atoms with Crippen molar-refractivity contribution < 1.29 is 17.9 Å². The maximum atomic E-state index is 12.8. The van der Waals surface area contributed by atoms with Gasteiger partial charge in [-0.1, -0.05) is 0 Å². The van der Waals surface area contributed by atoms with Gasteiger partial charge in [0.2, 0.25) is 10.0 Å². The van der Waals surface area contributed by atoms with E-state index >= 15 is 0 Å². The van der Waals surface area contributed by atoms with Gasteiger partial charge in [0.15, 0.2) is 0 Å². The number of hydrogen-bond donors (Lipinski definition) is 1. The van der Waals surface area contributed by atoms with E-state index in [2.05, 4.69) is 5.32 Å². The van der Waals surface area contributed by atoms with Crippen LogP contribution in [0.25, 0.3) is 0 Å². The van der Waals surface area contributed by atoms with E-state index in [1.54, 1.807) is 29.2 Å². The van der Waals surface area contributed by atoms with Gasteiger partial charge in [-0.2, -0.15) is 4.31 Å². The summed E-state index contributed by atoms with van der Waals surface area (Å²) >= 11 is 0. The van der Waals surface area contributed by atoms with E-state index in [0.29, 0.717) is 31.8 Å². The standard InChI is InChI=1S/C17H27N3O4S/c1-17(2,3)18-16(21)19-10-5-11-20(13-12-19)25(22,23)15-8-6-14(24-4)7-9-15/h6-9H,5,10-13H2,1-4H3,(H,18,21). The van der Waals surface area contributed by atoms with E-state index in [-0.39, 0.29) is 23.0 Å². The average molecular weight is 369 g/mol. The molecule has 140 valence electrons. The molecule has 1 heterocycles. The maximum absolute atomic E-state index is 12.8. The van der Waals surface area contributed by atoms with Gasteiger partial charge >= 0.3 is 6.03 Å². The molecule has 0 atom stereocenters. The lowest BCUT2D eigenvalue weighted by molar-refractivity contribution is 0.191. The number of urea groups is 1. The highest BCUT2D eigenvalue weighted by atomic mass is 32.2. The predicted octanol–water partition coefficient (Wildman–Crippen LogP) is 1.90. The van der Waals surface area contributed by atoms with Crippen LogP contribution < -0.4 is 10.1 Å². The van der Waals surface area contributed by atoms with Crippen molar-refractivity contribution in [1.29, 1.82) is 0 Å². The van der Waals surface area contributed by atoms with E-state index in [4.69, 9.17) is 4.74 Å². The van der Waals surface area contributed by atoms with Crippen molar-refractivity contribution in [1.82, 2.24) is 14.5 Å². The first kappa shape index (κ1) is 19.5. The first-order valence-electron chi connectivity index (χ1n) is 8.35. The normalized spacial score (nSPS) is 17.0. The minimum Gasteiger partial charge on any atom is -0.497 e. The molecule has 1 aliphatic rings. The SMILES string of the molecule is COc1ccc(S(=O)(=O)N2CCCN(C(=O)NC(C)(C)C)CC2)cc1. The molecule has 1 N–H and O–H groups in total. The fourth-order valence-electron chi connectivity index (χ4n) is 2.63. The number of carbonyl (C=O) groups excluding carboxylic acids is 1. The molecule has 0 saturated carbocycles. The molecule has 1 saturated heterocycles. The van der Waals surface area contributed by atoms with Gasteiger partial charge in [-0.25, -0.2) is 13.2 Å². The molecule has 0 bridgehead atoms. The summed E-state index contributed by atoms with van der Waals surface area (Å²) in [5.74, 6) is 0.611. The summed E-state index contributed by atoms with van der Waals surface area (Å²) in [7, 11) is -2.04. The molecule has 8 heteroatoms. The first-order chi connectivity index (χ1) is 11.6. The van der Waals surface area contributed by atoms with Gasteiger partial charge in [-0.15, -0.1) is 0 Å². The van der Waals surface area contributed by atoms with Crippen LogP contribution in [0.3, 0.4) is 0 Å². The largest absolute Gasteiger partial charge is 0.497 e. The van der Waals surface area contributed by atoms with E-state index in [9.17, 15) is 13.2 Å². The van der Waals surface area contributed by atoms with Crippen LogP contribution in [-0.2, 0) is 10.0 Å². The summed E-state index contributed by atoms with van der Waals surface area (Å²) in [5, 5.41) is 2.92. The Bertz CT molecular complexity index is 696. The molecule has 2 rings (SSSR count). The number of methoxy groups -OCH3 is 1. The number of sulfonamides is 1. The Hall–Kier alpha value is -1.80. The van der Waals surface area contributed by atoms with E-state index < -0.39 is 10.0 Å². The maximum Gasteiger partial charge on any atom is 0.317 e. The summed E-state index contributed by atoms with van der Waals surface area (Å²) in [6, 6.07) is 6.20. The van der Waals surface area contributed by atoms with Gasteiger partial charge in [-0.3, -0.25) is 0 Å². The first-order valence-corrected chi connectivity index (χ1v) is 9.79. The molecule has 25 heavy (non-hydrogen) atoms. The topological polar surface area (TPSA) is 79.0 Å². The zero-order valence-electron chi connectivity index (χ0n) is 15.3. The quantitative estimate of drug-likeness (QED) is 0.883. The highest BCUT2D eigenvalue weighted by Crippen LogP contribution is 2.20. The summed E-state index contributed by atoms with van der Waals surface area (Å²) in [6.07, 6.45) is 0.604. The van der Waals surface area contributed by atoms with E-state index in [1.807, 2.05) is 20.8 Å². The molecule has 0 radical (unpaired) electrons. The molecule has 1 aromatic carbocycles. The van der Waals surface area contributed by atoms with Crippen LogP contribution in [0, 0.1) is 0 Å². The third kappa shape index (κ3) is 5.09. The predicted molar refractivity (Wildman–Crippen MR) is 96.2 cm³/mol. The number of carbonyl (C=O) groups is 1. The molecule has 1 fully saturated rings. The number of rotatable bonds is 3. The van der Waals surface area contributed by atoms with Crippen LogP contribution in [-0.4, -0.2) is 62.5 Å². The van der Waals surface area contributed by atoms with Gasteiger partial charge in [0.25, 0.3) is 0 Å². The van der Waals surface area contributed by atoms with Crippen LogP contribution in [0.1, 0.15) is 27.2 Å². The number of benzene rings is 1. The Labute approximate surface area is 150 Å². The molecular weight excluding hydrogens is 342 g/mol. The number of amides is 2. The Morgan fingerprint density at radius 2 is 1.72 bits per heavy atom. The van der Waals surface area contributed by atoms with Crippen molar-refractivity contribution in [3.63, 3.8) is 0 Å². The molecule has 1 aliphatic heterocycles. The number of hydrogen-bond acceptors (Lipinski definition) is 4. The second kappa shape index (κ2) is 7.61. The molecular formula is C17H27N3O4S. The Morgan fingerprint density at radius 3 is 2.28 bits per heavy atom. The molecule has 0 spiro atoms. The highest BCUT2D eigenvalue weighted by molar-refractivity contribution is 7.89. The zero-order chi connectivity index (χ0) is 18.7. The van der Waals surface area contributed by atoms with Gasteiger partial charge in [-0.05, 0) is 51.5 Å². The lowest BCUT2D eigenvalue weighted by atomic mass is 10.1. The fourth-order valence-corrected chi connectivity index (χ4v) is 4.10. The van der Waals surface area contributed by atoms with Gasteiger partial charge in [0.05, 0.1) is 12.0 Å². The lowest BCUT2D eigenvalue weighted by Crippen LogP contribution is -2.49. The van der Waals surface area contributed by atoms with Crippen LogP contribution in [0.2, 0.25) is 0 Å². The second-order valence-corrected chi connectivity index (χ2v) is 9.04. The Balaban J connectivity index is 2.07. The van der Waals surface area contributed by atoms with Crippen molar-refractivity contribution >= 4 is 16.1 Å². The molecule has 1 aromatic rings. The summed E-state index contributed by atoms with van der Waals surface area (Å²) in [6.45, 7) is 7.35. The lowest BCUT2D eigenvalue weighted by Gasteiger charge is -2.27. The minimum atomic E-state index is -3.58. The molecule has 0 aromatic heterocycles. The smallest absolute Gasteiger partial charge is 0.317 e. The van der Waals surface area contributed by atoms with Crippen LogP contribution in [0.5, 0.6) is 5.75 Å². The molecule has 0 aliphatic carbocycles. The number of ether oxygens (including phenoxy) is 1. The third-order valence-corrected chi connectivity index (χ3v) is 5.83. The monoisotopic (exact) mass is 369 g/mol. The fraction of sp³-hybridized carbons (Fsp3) is 0.588. The summed E-state index contributed by atoms with van der Waals surface area (Å²) < 4.78 is 32.1. The van der Waals surface area contributed by atoms with Crippen molar-refractivity contribution in [3.8, 4) is 5.75 Å². The molecule has 0 unspecified atom stereocenters. The molecule has 2 amide bonds. The van der Waals surface area contributed by atoms with Crippen molar-refractivity contribution in [3.05, 3.63) is 24.3 Å². The van der Waals surface area contributed by atoms with Crippen LogP contribution in [0.4, 0.5) is 4.79 Å². The second-order valence-electron chi connectivity index (χ2n) is 7.10. The number of nitrogens with zero attached hydrogens (tertiary/aromatic N) is 2. The van der Waals surface area contributed by atoms with Gasteiger partial charge in [0, 0.05) is 31.7 Å². The van der Waals surface area contributed by atoms with Gasteiger partial charge in [0.1, 0.15) is 5.75 Å². The van der Waals surface area contributed by atoms with Crippen LogP contribution >= 0.6 is 0 Å². The van der Waals surface area contributed by atoms with Gasteiger partial charge < -0.3 is 15.0 Å². The average Bonchev–Trinajstić information content (AvgIpc) is 2.80. The van der Waals surface area contributed by atoms with Crippen LogP contribution in [0.15, 0.2) is 29.2 Å². The number of nitrogens with one attached hydrogen (secondary N) is 1. The van der Waals surface area contributed by atoms with Crippen molar-refractivity contribution in [2.45, 2.75) is 37.6 Å². The van der Waals surface area contributed by atoms with E-state index in [1.165, 1.54) is 11.4 Å². The molecule has 7 nitrogen and oxygen atoms in total. The minimum absolute atomic E-state index is 0.156. The van der Waals surface area contributed by atoms with Crippen molar-refractivity contribution in [2.24, 2.45) is 0 Å². The Morgan fingerprint density at radius 1 is 1.08 bits per heavy atom.